The van der Waals surface area contributed by atoms with Gasteiger partial charge in [-0.1, -0.05) is 26.1 Å². The molecule has 0 aromatic heterocycles. The number of aliphatic hydroxyl groups is 2. The average Bonchev–Trinajstić information content (AvgIpc) is 2.79. The Morgan fingerprint density at radius 1 is 1.47 bits per heavy atom. The van der Waals surface area contributed by atoms with Gasteiger partial charge in [0.1, 0.15) is 0 Å². The van der Waals surface area contributed by atoms with Crippen LogP contribution < -0.4 is 5.73 Å². The second kappa shape index (κ2) is 7.87. The van der Waals surface area contributed by atoms with Gasteiger partial charge in [-0.3, -0.25) is 4.79 Å². The van der Waals surface area contributed by atoms with E-state index < -0.39 is 12.3 Å². The third-order valence-electron chi connectivity index (χ3n) is 3.88. The molecule has 4 N–H and O–H groups in total. The Bertz CT molecular complexity index is 289. The molecular weight excluding hydrogens is 243 g/mol. The summed E-state index contributed by atoms with van der Waals surface area (Å²) in [6, 6.07) is -0.477. The van der Waals surface area contributed by atoms with Crippen molar-refractivity contribution in [3.8, 4) is 0 Å². The highest BCUT2D eigenvalue weighted by Crippen LogP contribution is 2.30. The van der Waals surface area contributed by atoms with Gasteiger partial charge in [-0.15, -0.1) is 0 Å². The average molecular weight is 268 g/mol. The predicted octanol–water partition coefficient (Wildman–Crippen LogP) is -0.134. The molecule has 3 atom stereocenters. The molecule has 5 nitrogen and oxygen atoms in total. The molecule has 6 heteroatoms. The van der Waals surface area contributed by atoms with E-state index in [1.165, 1.54) is 0 Å². The van der Waals surface area contributed by atoms with Gasteiger partial charge in [0, 0.05) is 19.0 Å². The summed E-state index contributed by atoms with van der Waals surface area (Å²) in [6.07, 6.45) is 2.36. The zero-order valence-electron chi connectivity index (χ0n) is 11.7. The van der Waals surface area contributed by atoms with Crippen LogP contribution in [0.5, 0.6) is 0 Å². The summed E-state index contributed by atoms with van der Waals surface area (Å²) >= 11 is 0. The van der Waals surface area contributed by atoms with Gasteiger partial charge in [0.25, 0.3) is 0 Å². The van der Waals surface area contributed by atoms with Gasteiger partial charge in [0.2, 0.25) is 5.91 Å². The molecule has 0 bridgehead atoms. The number of hydrogen-bond acceptors (Lipinski definition) is 4. The van der Waals surface area contributed by atoms with Gasteiger partial charge in [-0.25, -0.2) is 0 Å². The number of hydrogen-bond donors (Lipinski definition) is 3. The Labute approximate surface area is 116 Å². The topological polar surface area (TPSA) is 86.8 Å². The summed E-state index contributed by atoms with van der Waals surface area (Å²) in [6.45, 7) is 2.92. The molecule has 0 saturated carbocycles. The van der Waals surface area contributed by atoms with E-state index >= 15 is 0 Å². The molecule has 0 aromatic carbocycles. The van der Waals surface area contributed by atoms with Crippen LogP contribution in [0.4, 0.5) is 0 Å². The van der Waals surface area contributed by atoms with Gasteiger partial charge in [-0.05, 0) is 18.8 Å². The van der Waals surface area contributed by atoms with Crippen molar-refractivity contribution < 1.29 is 15.0 Å². The van der Waals surface area contributed by atoms with Crippen LogP contribution in [0, 0.1) is 11.8 Å². The molecule has 19 heavy (non-hydrogen) atoms. The highest BCUT2D eigenvalue weighted by atomic mass is 16.5. The Kier molecular flexibility index (Phi) is 6.82. The normalized spacial score (nSPS) is 25.0. The number of amides is 1. The van der Waals surface area contributed by atoms with Crippen LogP contribution in [0.3, 0.4) is 0 Å². The lowest BCUT2D eigenvalue weighted by Gasteiger charge is -2.20. The Balaban J connectivity index is 2.61. The number of carbonyl (C=O) groups is 1. The highest BCUT2D eigenvalue weighted by Gasteiger charge is 2.39. The predicted molar refractivity (Wildman–Crippen MR) is 74.5 cm³/mol. The number of nitrogens with zero attached hydrogens (tertiary/aromatic N) is 1. The van der Waals surface area contributed by atoms with Crippen LogP contribution >= 0.6 is 0 Å². The molecule has 0 spiro atoms. The van der Waals surface area contributed by atoms with Crippen LogP contribution in [-0.4, -0.2) is 54.3 Å². The summed E-state index contributed by atoms with van der Waals surface area (Å²) in [5.41, 5.74) is 5.84. The summed E-state index contributed by atoms with van der Waals surface area (Å²) in [5.74, 6) is -0.270. The van der Waals surface area contributed by atoms with E-state index in [0.717, 1.165) is 19.3 Å². The van der Waals surface area contributed by atoms with Crippen LogP contribution in [-0.2, 0) is 4.79 Å². The number of likely N-dealkylation sites (tertiary alicyclic amines) is 1. The first-order valence-corrected chi connectivity index (χ1v) is 7.11. The van der Waals surface area contributed by atoms with Crippen LogP contribution in [0.25, 0.3) is 0 Å². The minimum Gasteiger partial charge on any atom is -0.368 e. The number of aliphatic hydroxyl groups excluding tert-OH is 1. The summed E-state index contributed by atoms with van der Waals surface area (Å²) in [5, 5.41) is 18.8. The smallest absolute Gasteiger partial charge is 0.239 e. The van der Waals surface area contributed by atoms with Crippen molar-refractivity contribution in [2.75, 3.05) is 13.1 Å². The largest absolute Gasteiger partial charge is 0.368 e. The van der Waals surface area contributed by atoms with Crippen molar-refractivity contribution in [1.29, 1.82) is 0 Å². The number of nitrogens with two attached hydrogens (primary N) is 1. The maximum atomic E-state index is 12.1. The molecule has 1 rings (SSSR count). The van der Waals surface area contributed by atoms with Gasteiger partial charge in [0.05, 0.1) is 13.9 Å². The quantitative estimate of drug-likeness (QED) is 0.443. The third kappa shape index (κ3) is 4.47. The van der Waals surface area contributed by atoms with E-state index in [-0.39, 0.29) is 17.7 Å². The highest BCUT2D eigenvalue weighted by molar-refractivity contribution is 6.08. The van der Waals surface area contributed by atoms with Crippen molar-refractivity contribution in [2.24, 2.45) is 17.6 Å². The zero-order valence-corrected chi connectivity index (χ0v) is 11.7. The molecular formula is C13H25BN2O3. The molecule has 0 aromatic rings. The van der Waals surface area contributed by atoms with E-state index in [1.54, 1.807) is 4.90 Å². The minimum absolute atomic E-state index is 0.0808. The fraction of sp³-hybridized carbons (Fsp3) is 0.923. The van der Waals surface area contributed by atoms with E-state index in [0.29, 0.717) is 25.8 Å². The van der Waals surface area contributed by atoms with Crippen LogP contribution in [0.2, 0.25) is 6.32 Å². The second-order valence-electron chi connectivity index (χ2n) is 5.41. The van der Waals surface area contributed by atoms with Gasteiger partial charge in [-0.2, -0.15) is 0 Å². The maximum Gasteiger partial charge on any atom is 0.239 e. The van der Waals surface area contributed by atoms with E-state index in [9.17, 15) is 15.0 Å². The standard InChI is InChI=1S/C13H25BN2O3/c1-2-4-11(15)12(17)16-7-9(5-3-6-14)10(8-16)13(18)19/h9-11,13,18-19H,2-8,15H2,1H3/t9-,10+,11-/m0/s1. The number of rotatable bonds is 7. The summed E-state index contributed by atoms with van der Waals surface area (Å²) in [7, 11) is 5.48. The van der Waals surface area contributed by atoms with E-state index in [1.807, 2.05) is 6.92 Å². The SMILES string of the molecule is [B]CCC[C@H]1CN(C(=O)[C@@H](N)CCC)C[C@H]1C(O)O. The van der Waals surface area contributed by atoms with Crippen LogP contribution in [0.1, 0.15) is 32.6 Å². The first-order valence-electron chi connectivity index (χ1n) is 7.11. The molecule has 1 amide bonds. The Morgan fingerprint density at radius 2 is 2.16 bits per heavy atom. The fourth-order valence-corrected chi connectivity index (χ4v) is 2.77. The molecule has 1 saturated heterocycles. The van der Waals surface area contributed by atoms with E-state index in [2.05, 4.69) is 0 Å². The van der Waals surface area contributed by atoms with Gasteiger partial charge >= 0.3 is 0 Å². The van der Waals surface area contributed by atoms with E-state index in [4.69, 9.17) is 13.6 Å². The Hall–Kier alpha value is -0.585. The van der Waals surface area contributed by atoms with Crippen LogP contribution in [0.15, 0.2) is 0 Å². The van der Waals surface area contributed by atoms with Crippen molar-refractivity contribution in [3.63, 3.8) is 0 Å². The maximum absolute atomic E-state index is 12.1. The summed E-state index contributed by atoms with van der Waals surface area (Å²) in [4.78, 5) is 13.8. The van der Waals surface area contributed by atoms with Gasteiger partial charge in [0.15, 0.2) is 6.29 Å². The third-order valence-corrected chi connectivity index (χ3v) is 3.88. The number of carbonyl (C=O) groups excluding carboxylic acids is 1. The molecule has 1 aliphatic heterocycles. The lowest BCUT2D eigenvalue weighted by atomic mass is 9.88. The molecule has 0 unspecified atom stereocenters. The van der Waals surface area contributed by atoms with Crippen molar-refractivity contribution >= 4 is 13.8 Å². The first-order chi connectivity index (χ1) is 9.01. The first kappa shape index (κ1) is 16.5. The molecule has 1 heterocycles. The molecule has 2 radical (unpaired) electrons. The van der Waals surface area contributed by atoms with Gasteiger partial charge < -0.3 is 20.8 Å². The van der Waals surface area contributed by atoms with Crippen molar-refractivity contribution in [1.82, 2.24) is 4.90 Å². The molecule has 1 aliphatic rings. The minimum atomic E-state index is -1.39. The van der Waals surface area contributed by atoms with Crippen molar-refractivity contribution in [2.45, 2.75) is 51.3 Å². The second-order valence-corrected chi connectivity index (χ2v) is 5.41. The zero-order chi connectivity index (χ0) is 14.4. The lowest BCUT2D eigenvalue weighted by Crippen LogP contribution is -2.43. The lowest BCUT2D eigenvalue weighted by molar-refractivity contribution is -0.132. The monoisotopic (exact) mass is 268 g/mol. The van der Waals surface area contributed by atoms with Crippen molar-refractivity contribution in [3.05, 3.63) is 0 Å². The molecule has 1 fully saturated rings. The molecule has 0 aliphatic carbocycles. The molecule has 108 valence electrons. The summed E-state index contributed by atoms with van der Waals surface area (Å²) < 4.78 is 0. The fourth-order valence-electron chi connectivity index (χ4n) is 2.77. The Morgan fingerprint density at radius 3 is 2.68 bits per heavy atom.